The van der Waals surface area contributed by atoms with Gasteiger partial charge in [-0.15, -0.1) is 5.10 Å². The molecule has 0 atom stereocenters. The van der Waals surface area contributed by atoms with E-state index in [1.807, 2.05) is 28.8 Å². The summed E-state index contributed by atoms with van der Waals surface area (Å²) >= 11 is 0. The molecule has 120 heavy (non-hydrogen) atoms. The molecule has 29 nitrogen and oxygen atoms in total. The molecule has 0 radical (unpaired) electrons. The Hall–Kier alpha value is -15.3. The SMILES string of the molecule is FC(F)(F)c1ccc(Nc2cnnc(-n3c(C4CC4)nc4ccccc43)n2)cc1.Nc1nc(Nc2ccc(C(F)(F)F)cc2)nc(-n2c(C(F)F)nc3ccccc32)n1.Nc1nc(Nc2ccc(OC(F)F)c(F)c2)nc(-n2c(C(F)F)nc3ccccc32)n1.Nc1nc(Nc2ccc(OC(F)F)cc2)nc(-n2c(C(F)F)nc3ccccc32)n1. The topological polar surface area (TPSA) is 371 Å². The maximum Gasteiger partial charge on any atom is 0.416 e. The van der Waals surface area contributed by atoms with Crippen molar-refractivity contribution in [1.82, 2.24) is 98.2 Å². The average Bonchev–Trinajstić information content (AvgIpc) is 1.61. The van der Waals surface area contributed by atoms with E-state index >= 15 is 0 Å². The van der Waals surface area contributed by atoms with Crippen molar-refractivity contribution < 1.29 is 84.1 Å². The number of benzene rings is 8. The molecule has 1 aliphatic rings. The van der Waals surface area contributed by atoms with Gasteiger partial charge in [-0.05, 0) is 146 Å². The summed E-state index contributed by atoms with van der Waals surface area (Å²) in [5.74, 6) is -3.16. The molecule has 46 heteroatoms. The van der Waals surface area contributed by atoms with Gasteiger partial charge in [-0.25, -0.2) is 50.7 Å². The van der Waals surface area contributed by atoms with Gasteiger partial charge in [0.05, 0.1) is 61.5 Å². The first-order chi connectivity index (χ1) is 57.4. The summed E-state index contributed by atoms with van der Waals surface area (Å²) in [7, 11) is 0. The predicted octanol–water partition coefficient (Wildman–Crippen LogP) is 17.6. The number of halogens is 17. The van der Waals surface area contributed by atoms with Gasteiger partial charge in [0.1, 0.15) is 11.6 Å². The van der Waals surface area contributed by atoms with E-state index < -0.39 is 85.0 Å². The van der Waals surface area contributed by atoms with Crippen LogP contribution in [0.5, 0.6) is 11.5 Å². The van der Waals surface area contributed by atoms with E-state index in [2.05, 4.69) is 106 Å². The van der Waals surface area contributed by atoms with Crippen LogP contribution in [0, 0.1) is 5.82 Å². The average molecular weight is 1670 g/mol. The van der Waals surface area contributed by atoms with Crippen LogP contribution in [0.15, 0.2) is 194 Å². The molecule has 8 aromatic carbocycles. The Morgan fingerprint density at radius 2 is 0.725 bits per heavy atom. The Balaban J connectivity index is 0.000000131. The van der Waals surface area contributed by atoms with Crippen LogP contribution in [0.1, 0.15) is 72.5 Å². The monoisotopic (exact) mass is 1670 g/mol. The van der Waals surface area contributed by atoms with Crippen molar-refractivity contribution in [2.45, 2.75) is 63.6 Å². The summed E-state index contributed by atoms with van der Waals surface area (Å²) in [5.41, 5.74) is 20.5. The number of ether oxygens (including phenoxy) is 2. The molecule has 10 N–H and O–H groups in total. The number of rotatable bonds is 20. The summed E-state index contributed by atoms with van der Waals surface area (Å²) in [6.45, 7) is -6.13. The van der Waals surface area contributed by atoms with Gasteiger partial charge >= 0.3 is 25.6 Å². The van der Waals surface area contributed by atoms with Gasteiger partial charge in [0.15, 0.2) is 34.9 Å². The van der Waals surface area contributed by atoms with Gasteiger partial charge in [-0.1, -0.05) is 48.5 Å². The van der Waals surface area contributed by atoms with Gasteiger partial charge in [-0.3, -0.25) is 18.3 Å². The highest BCUT2D eigenvalue weighted by molar-refractivity contribution is 5.81. The first-order valence-corrected chi connectivity index (χ1v) is 34.6. The van der Waals surface area contributed by atoms with Crippen LogP contribution in [-0.2, 0) is 12.4 Å². The first-order valence-electron chi connectivity index (χ1n) is 34.6. The minimum absolute atomic E-state index is 0.0296. The van der Waals surface area contributed by atoms with Crippen molar-refractivity contribution in [3.05, 3.63) is 234 Å². The van der Waals surface area contributed by atoms with Crippen LogP contribution < -0.4 is 47.9 Å². The Labute approximate surface area is 660 Å². The van der Waals surface area contributed by atoms with Gasteiger partial charge in [0.25, 0.3) is 25.2 Å². The van der Waals surface area contributed by atoms with Crippen molar-refractivity contribution in [2.24, 2.45) is 0 Å². The highest BCUT2D eigenvalue weighted by Crippen LogP contribution is 2.42. The van der Waals surface area contributed by atoms with Gasteiger partial charge in [-0.2, -0.15) is 98.8 Å². The Morgan fingerprint density at radius 3 is 1.10 bits per heavy atom. The number of nitrogens with two attached hydrogens (primary N) is 3. The third-order valence-corrected chi connectivity index (χ3v) is 16.8. The minimum atomic E-state index is -4.47. The van der Waals surface area contributed by atoms with Crippen LogP contribution in [-0.4, -0.2) is 111 Å². The number of aromatic nitrogens is 20. The minimum Gasteiger partial charge on any atom is -0.435 e. The number of hydrogen-bond acceptors (Lipinski definition) is 25. The molecule has 0 amide bonds. The lowest BCUT2D eigenvalue weighted by Crippen LogP contribution is -2.11. The standard InChI is InChI=1S/C20H15F3N6.C18H12F5N7O.C18H12F5N7.C18H13F4N7O/c21-20(22,23)13-7-9-14(10-8-13)25-17-11-24-28-19(27-17)29-16-4-2-1-3-15(16)26-18(29)12-5-6-12;19-9-7-8(5-6-12(9)31-15(22)23)25-17-27-16(24)28-18(29-17)30-11-4-2-1-3-10(11)26-14(30)13(20)21;19-13(20)14-26-11-3-1-2-4-12(11)30(14)17-28-15(24)27-16(29-17)25-10-7-5-9(6-8-10)18(21,22)23;19-13(20)14-25-11-3-1-2-4-12(11)29(14)18-27-16(23)26-17(28-18)24-9-5-7-10(8-6-9)30-15(21)22/h1-4,7-12H,5-6H2,(H,25,27,28);1-7,13,15H,(H3,24,25,27,28,29);1-8,13H,(H3,24,25,27,28,29);1-8,13,15H,(H3,23,24,26,27,28). The van der Waals surface area contributed by atoms with E-state index in [-0.39, 0.29) is 70.7 Å². The lowest BCUT2D eigenvalue weighted by atomic mass is 10.2. The molecule has 16 aromatic rings. The molecule has 1 fully saturated rings. The number of nitrogens with one attached hydrogen (secondary N) is 4. The normalized spacial score (nSPS) is 12.2. The van der Waals surface area contributed by atoms with Crippen LogP contribution in [0.3, 0.4) is 0 Å². The molecule has 0 bridgehead atoms. The highest BCUT2D eigenvalue weighted by Gasteiger charge is 2.34. The number of imidazole rings is 4. The van der Waals surface area contributed by atoms with Crippen molar-refractivity contribution in [1.29, 1.82) is 0 Å². The second kappa shape index (κ2) is 34.2. The summed E-state index contributed by atoms with van der Waals surface area (Å²) in [4.78, 5) is 56.7. The molecule has 17 rings (SSSR count). The van der Waals surface area contributed by atoms with E-state index in [0.29, 0.717) is 62.2 Å². The van der Waals surface area contributed by atoms with Crippen molar-refractivity contribution >= 4 is 108 Å². The molecule has 0 aliphatic heterocycles. The van der Waals surface area contributed by atoms with E-state index in [1.54, 1.807) is 72.8 Å². The van der Waals surface area contributed by atoms with Crippen molar-refractivity contribution in [3.8, 4) is 35.3 Å². The van der Waals surface area contributed by atoms with Gasteiger partial charge < -0.3 is 47.9 Å². The van der Waals surface area contributed by atoms with Gasteiger partial charge in [0.2, 0.25) is 53.5 Å². The quantitative estimate of drug-likeness (QED) is 0.0348. The Kier molecular flexibility index (Phi) is 23.2. The molecule has 8 heterocycles. The summed E-state index contributed by atoms with van der Waals surface area (Å²) < 4.78 is 234. The van der Waals surface area contributed by atoms with Gasteiger partial charge in [0, 0.05) is 34.7 Å². The molecule has 0 saturated heterocycles. The Morgan fingerprint density at radius 1 is 0.367 bits per heavy atom. The molecule has 0 spiro atoms. The second-order valence-corrected chi connectivity index (χ2v) is 25.0. The zero-order chi connectivity index (χ0) is 84.8. The lowest BCUT2D eigenvalue weighted by Gasteiger charge is -2.11. The molecule has 614 valence electrons. The summed E-state index contributed by atoms with van der Waals surface area (Å²) in [5, 5.41) is 19.3. The Bertz CT molecular complexity index is 6330. The molecule has 1 aliphatic carbocycles. The lowest BCUT2D eigenvalue weighted by molar-refractivity contribution is -0.138. The fraction of sp³-hybridized carbons (Fsp3) is 0.135. The number of nitrogens with zero attached hydrogens (tertiary/aromatic N) is 20. The number of anilines is 11. The van der Waals surface area contributed by atoms with Crippen LogP contribution in [0.25, 0.3) is 67.9 Å². The zero-order valence-electron chi connectivity index (χ0n) is 60.3. The van der Waals surface area contributed by atoms with Crippen molar-refractivity contribution in [2.75, 3.05) is 38.5 Å². The number of nitrogen functional groups attached to an aromatic ring is 3. The predicted molar refractivity (Wildman–Crippen MR) is 400 cm³/mol. The fourth-order valence-corrected chi connectivity index (χ4v) is 11.6. The summed E-state index contributed by atoms with van der Waals surface area (Å²) in [6, 6.07) is 44.6. The maximum atomic E-state index is 13.9. The fourth-order valence-electron chi connectivity index (χ4n) is 11.6. The number of alkyl halides is 16. The third-order valence-electron chi connectivity index (χ3n) is 16.8. The molecular formula is C74H52F17N27O2. The first kappa shape index (κ1) is 81.3. The van der Waals surface area contributed by atoms with E-state index in [4.69, 9.17) is 22.2 Å². The van der Waals surface area contributed by atoms with E-state index in [1.165, 1.54) is 60.8 Å². The summed E-state index contributed by atoms with van der Waals surface area (Å²) in [6.07, 6.45) is -14.0. The largest absolute Gasteiger partial charge is 0.435 e. The number of para-hydroxylation sites is 8. The maximum absolute atomic E-state index is 13.9. The molecule has 0 unspecified atom stereocenters. The molecule has 1 saturated carbocycles. The number of fused-ring (bicyclic) bond motifs is 4. The van der Waals surface area contributed by atoms with E-state index in [0.717, 1.165) is 79.8 Å². The zero-order valence-corrected chi connectivity index (χ0v) is 60.3. The van der Waals surface area contributed by atoms with Crippen LogP contribution >= 0.6 is 0 Å². The molecule has 8 aromatic heterocycles. The highest BCUT2D eigenvalue weighted by atomic mass is 19.4. The third kappa shape index (κ3) is 19.0. The second-order valence-electron chi connectivity index (χ2n) is 25.0. The van der Waals surface area contributed by atoms with Crippen LogP contribution in [0.2, 0.25) is 0 Å². The van der Waals surface area contributed by atoms with E-state index in [9.17, 15) is 74.6 Å². The smallest absolute Gasteiger partial charge is 0.416 e. The molecular weight excluding hydrogens is 1620 g/mol. The van der Waals surface area contributed by atoms with Crippen LogP contribution in [0.4, 0.5) is 139 Å². The number of hydrogen-bond donors (Lipinski definition) is 7. The van der Waals surface area contributed by atoms with Crippen molar-refractivity contribution in [3.63, 3.8) is 0 Å².